The summed E-state index contributed by atoms with van der Waals surface area (Å²) in [6.45, 7) is 4.00. The van der Waals surface area contributed by atoms with Gasteiger partial charge in [0.15, 0.2) is 4.34 Å². The molecule has 3 N–H and O–H groups in total. The number of nitrogens with zero attached hydrogens (tertiary/aromatic N) is 3. The van der Waals surface area contributed by atoms with E-state index < -0.39 is 10.8 Å². The predicted octanol–water partition coefficient (Wildman–Crippen LogP) is 2.53. The smallest absolute Gasteiger partial charge is 0.284 e. The maximum atomic E-state index is 11.2. The molecule has 1 aromatic carbocycles. The van der Waals surface area contributed by atoms with Crippen LogP contribution in [0.4, 0.5) is 10.8 Å². The van der Waals surface area contributed by atoms with Crippen molar-refractivity contribution in [2.45, 2.75) is 22.6 Å². The van der Waals surface area contributed by atoms with Gasteiger partial charge in [-0.05, 0) is 37.2 Å². The van der Waals surface area contributed by atoms with Crippen LogP contribution in [0, 0.1) is 10.1 Å². The summed E-state index contributed by atoms with van der Waals surface area (Å²) >= 11 is 2.41. The SMILES string of the molecule is CCOCCCNc1nnc(Sc2ccc(C(N)=O)cc2[N+](=O)[O-])s1. The van der Waals surface area contributed by atoms with Crippen LogP contribution in [-0.2, 0) is 4.74 Å². The van der Waals surface area contributed by atoms with Crippen molar-refractivity contribution in [1.29, 1.82) is 0 Å². The Balaban J connectivity index is 2.02. The number of anilines is 1. The van der Waals surface area contributed by atoms with Gasteiger partial charge in [-0.2, -0.15) is 0 Å². The fraction of sp³-hybridized carbons (Fsp3) is 0.357. The number of benzene rings is 1. The number of rotatable bonds is 10. The molecule has 0 radical (unpaired) electrons. The Morgan fingerprint density at radius 2 is 2.28 bits per heavy atom. The summed E-state index contributed by atoms with van der Waals surface area (Å²) < 4.78 is 5.80. The van der Waals surface area contributed by atoms with Gasteiger partial charge < -0.3 is 15.8 Å². The van der Waals surface area contributed by atoms with Crippen LogP contribution < -0.4 is 11.1 Å². The number of nitro benzene ring substituents is 1. The largest absolute Gasteiger partial charge is 0.382 e. The molecule has 0 aliphatic rings. The van der Waals surface area contributed by atoms with Gasteiger partial charge in [0.05, 0.1) is 9.82 Å². The minimum atomic E-state index is -0.714. The molecule has 25 heavy (non-hydrogen) atoms. The fourth-order valence-electron chi connectivity index (χ4n) is 1.83. The number of aromatic nitrogens is 2. The average molecular weight is 383 g/mol. The highest BCUT2D eigenvalue weighted by Gasteiger charge is 2.19. The molecule has 0 spiro atoms. The first-order valence-electron chi connectivity index (χ1n) is 7.42. The molecule has 0 bridgehead atoms. The average Bonchev–Trinajstić information content (AvgIpc) is 3.02. The van der Waals surface area contributed by atoms with Gasteiger partial charge in [0.2, 0.25) is 11.0 Å². The molecule has 0 unspecified atom stereocenters. The molecule has 0 atom stereocenters. The van der Waals surface area contributed by atoms with Crippen LogP contribution in [-0.4, -0.2) is 40.8 Å². The molecule has 0 aliphatic carbocycles. The second kappa shape index (κ2) is 9.30. The molecule has 1 aromatic heterocycles. The first kappa shape index (κ1) is 19.1. The predicted molar refractivity (Wildman–Crippen MR) is 95.2 cm³/mol. The summed E-state index contributed by atoms with van der Waals surface area (Å²) in [4.78, 5) is 22.2. The highest BCUT2D eigenvalue weighted by Crippen LogP contribution is 2.37. The van der Waals surface area contributed by atoms with Crippen molar-refractivity contribution in [3.05, 3.63) is 33.9 Å². The van der Waals surface area contributed by atoms with Crippen molar-refractivity contribution < 1.29 is 14.5 Å². The van der Waals surface area contributed by atoms with Gasteiger partial charge in [0, 0.05) is 31.4 Å². The molecule has 0 aliphatic heterocycles. The Labute approximate surface area is 152 Å². The number of carbonyl (C=O) groups is 1. The zero-order valence-corrected chi connectivity index (χ0v) is 15.1. The number of hydrogen-bond acceptors (Lipinski definition) is 9. The van der Waals surface area contributed by atoms with Crippen molar-refractivity contribution in [3.8, 4) is 0 Å². The molecule has 9 nitrogen and oxygen atoms in total. The quantitative estimate of drug-likeness (QED) is 0.363. The number of primary amides is 1. The minimum Gasteiger partial charge on any atom is -0.382 e. The van der Waals surface area contributed by atoms with Gasteiger partial charge in [-0.25, -0.2) is 0 Å². The highest BCUT2D eigenvalue weighted by atomic mass is 32.2. The molecule has 134 valence electrons. The molecule has 11 heteroatoms. The van der Waals surface area contributed by atoms with Gasteiger partial charge in [-0.15, -0.1) is 10.2 Å². The summed E-state index contributed by atoms with van der Waals surface area (Å²) in [5.74, 6) is -0.714. The van der Waals surface area contributed by atoms with Gasteiger partial charge in [-0.1, -0.05) is 11.3 Å². The van der Waals surface area contributed by atoms with E-state index in [-0.39, 0.29) is 11.3 Å². The first-order valence-corrected chi connectivity index (χ1v) is 9.05. The van der Waals surface area contributed by atoms with E-state index in [1.54, 1.807) is 0 Å². The van der Waals surface area contributed by atoms with E-state index in [2.05, 4.69) is 15.5 Å². The number of nitrogens with two attached hydrogens (primary N) is 1. The van der Waals surface area contributed by atoms with E-state index in [1.165, 1.54) is 29.5 Å². The van der Waals surface area contributed by atoms with Gasteiger partial charge >= 0.3 is 0 Å². The van der Waals surface area contributed by atoms with Crippen LogP contribution in [0.3, 0.4) is 0 Å². The van der Waals surface area contributed by atoms with E-state index in [0.29, 0.717) is 34.1 Å². The van der Waals surface area contributed by atoms with E-state index in [9.17, 15) is 14.9 Å². The van der Waals surface area contributed by atoms with Gasteiger partial charge in [-0.3, -0.25) is 14.9 Å². The Hall–Kier alpha value is -2.24. The molecule has 0 saturated carbocycles. The third kappa shape index (κ3) is 5.66. The Kier molecular flexibility index (Phi) is 7.10. The number of nitrogens with one attached hydrogen (secondary N) is 1. The Bertz CT molecular complexity index is 753. The molecule has 2 rings (SSSR count). The molecule has 1 heterocycles. The molecule has 0 fully saturated rings. The minimum absolute atomic E-state index is 0.0879. The Morgan fingerprint density at radius 3 is 2.96 bits per heavy atom. The molecule has 1 amide bonds. The standard InChI is InChI=1S/C14H17N5O4S2/c1-2-23-7-3-6-16-13-17-18-14(25-13)24-11-5-4-9(12(15)20)8-10(11)19(21)22/h4-5,8H,2-3,6-7H2,1H3,(H2,15,20)(H,16,17). The first-order chi connectivity index (χ1) is 12.0. The van der Waals surface area contributed by atoms with Crippen molar-refractivity contribution in [2.24, 2.45) is 5.73 Å². The van der Waals surface area contributed by atoms with Crippen LogP contribution >= 0.6 is 23.1 Å². The number of ether oxygens (including phenoxy) is 1. The van der Waals surface area contributed by atoms with Crippen LogP contribution in [0.5, 0.6) is 0 Å². The maximum Gasteiger partial charge on any atom is 0.284 e. The molecular formula is C14H17N5O4S2. The molecular weight excluding hydrogens is 366 g/mol. The number of carbonyl (C=O) groups excluding carboxylic acids is 1. The number of hydrogen-bond donors (Lipinski definition) is 2. The zero-order valence-electron chi connectivity index (χ0n) is 13.4. The second-order valence-corrected chi connectivity index (χ2v) is 7.02. The normalized spacial score (nSPS) is 10.6. The van der Waals surface area contributed by atoms with Crippen LogP contribution in [0.15, 0.2) is 27.4 Å². The summed E-state index contributed by atoms with van der Waals surface area (Å²) in [5.41, 5.74) is 5.06. The molecule has 0 saturated heterocycles. The fourth-order valence-corrected chi connectivity index (χ4v) is 3.65. The van der Waals surface area contributed by atoms with Crippen molar-refractivity contribution in [1.82, 2.24) is 10.2 Å². The summed E-state index contributed by atoms with van der Waals surface area (Å²) in [6.07, 6.45) is 0.843. The van der Waals surface area contributed by atoms with Gasteiger partial charge in [0.25, 0.3) is 5.69 Å². The lowest BCUT2D eigenvalue weighted by atomic mass is 10.2. The summed E-state index contributed by atoms with van der Waals surface area (Å²) in [7, 11) is 0. The van der Waals surface area contributed by atoms with Crippen molar-refractivity contribution >= 4 is 39.8 Å². The number of amides is 1. The highest BCUT2D eigenvalue weighted by molar-refractivity contribution is 8.01. The van der Waals surface area contributed by atoms with Crippen LogP contribution in [0.2, 0.25) is 0 Å². The monoisotopic (exact) mass is 383 g/mol. The van der Waals surface area contributed by atoms with E-state index in [0.717, 1.165) is 18.2 Å². The lowest BCUT2D eigenvalue weighted by Crippen LogP contribution is -2.11. The van der Waals surface area contributed by atoms with Gasteiger partial charge in [0.1, 0.15) is 0 Å². The third-order valence-corrected chi connectivity index (χ3v) is 4.99. The lowest BCUT2D eigenvalue weighted by molar-refractivity contribution is -0.387. The van der Waals surface area contributed by atoms with Crippen LogP contribution in [0.1, 0.15) is 23.7 Å². The van der Waals surface area contributed by atoms with E-state index >= 15 is 0 Å². The molecule has 2 aromatic rings. The van der Waals surface area contributed by atoms with E-state index in [4.69, 9.17) is 10.5 Å². The van der Waals surface area contributed by atoms with E-state index in [1.807, 2.05) is 6.92 Å². The number of nitro groups is 1. The zero-order chi connectivity index (χ0) is 18.2. The summed E-state index contributed by atoms with van der Waals surface area (Å²) in [5, 5.41) is 23.0. The maximum absolute atomic E-state index is 11.2. The van der Waals surface area contributed by atoms with Crippen LogP contribution in [0.25, 0.3) is 0 Å². The topological polar surface area (TPSA) is 133 Å². The van der Waals surface area contributed by atoms with Crippen molar-refractivity contribution in [3.63, 3.8) is 0 Å². The summed E-state index contributed by atoms with van der Waals surface area (Å²) in [6, 6.07) is 4.10. The Morgan fingerprint density at radius 1 is 1.48 bits per heavy atom. The third-order valence-electron chi connectivity index (χ3n) is 2.99. The van der Waals surface area contributed by atoms with Crippen molar-refractivity contribution in [2.75, 3.05) is 25.1 Å². The second-order valence-electron chi connectivity index (χ2n) is 4.76. The lowest BCUT2D eigenvalue weighted by Gasteiger charge is -2.02.